The number of hydrogen-bond acceptors (Lipinski definition) is 3. The Morgan fingerprint density at radius 3 is 2.85 bits per heavy atom. The van der Waals surface area contributed by atoms with E-state index < -0.39 is 23.7 Å². The van der Waals surface area contributed by atoms with Crippen LogP contribution >= 0.6 is 0 Å². The number of nitrogens with one attached hydrogen (secondary N) is 2. The lowest BCUT2D eigenvalue weighted by Crippen LogP contribution is -2.52. The number of imide groups is 1. The minimum atomic E-state index is -0.791. The SMILES string of the molecule is C=Cc1ccc(F)cc1C(=O)NC1CCC(=O)NC1=O. The number of carbonyl (C=O) groups is 3. The Balaban J connectivity index is 2.16. The zero-order valence-corrected chi connectivity index (χ0v) is 10.6. The maximum Gasteiger partial charge on any atom is 0.252 e. The summed E-state index contributed by atoms with van der Waals surface area (Å²) in [5.41, 5.74) is 0.570. The van der Waals surface area contributed by atoms with Gasteiger partial charge in [0.1, 0.15) is 11.9 Å². The molecule has 2 N–H and O–H groups in total. The highest BCUT2D eigenvalue weighted by atomic mass is 19.1. The van der Waals surface area contributed by atoms with Crippen molar-refractivity contribution in [3.63, 3.8) is 0 Å². The van der Waals surface area contributed by atoms with Crippen LogP contribution in [-0.4, -0.2) is 23.8 Å². The van der Waals surface area contributed by atoms with E-state index in [-0.39, 0.29) is 24.3 Å². The second kappa shape index (κ2) is 5.64. The molecule has 1 atom stereocenters. The molecule has 0 aliphatic carbocycles. The fourth-order valence-corrected chi connectivity index (χ4v) is 1.97. The second-order valence-corrected chi connectivity index (χ2v) is 4.41. The molecule has 1 unspecified atom stereocenters. The highest BCUT2D eigenvalue weighted by Crippen LogP contribution is 2.14. The lowest BCUT2D eigenvalue weighted by atomic mass is 10.0. The lowest BCUT2D eigenvalue weighted by molar-refractivity contribution is -0.134. The standard InChI is InChI=1S/C14H13FN2O3/c1-2-8-3-4-9(15)7-10(8)13(19)16-11-5-6-12(18)17-14(11)20/h2-4,7,11H,1,5-6H2,(H,16,19)(H,17,18,20). The Hall–Kier alpha value is -2.50. The Morgan fingerprint density at radius 1 is 1.45 bits per heavy atom. The fourth-order valence-electron chi connectivity index (χ4n) is 1.97. The van der Waals surface area contributed by atoms with Crippen LogP contribution in [-0.2, 0) is 9.59 Å². The Morgan fingerprint density at radius 2 is 2.20 bits per heavy atom. The number of hydrogen-bond donors (Lipinski definition) is 2. The van der Waals surface area contributed by atoms with Crippen LogP contribution in [0.2, 0.25) is 0 Å². The molecule has 20 heavy (non-hydrogen) atoms. The summed E-state index contributed by atoms with van der Waals surface area (Å²) < 4.78 is 13.2. The third kappa shape index (κ3) is 2.90. The molecule has 1 aliphatic heterocycles. The van der Waals surface area contributed by atoms with Gasteiger partial charge in [0.15, 0.2) is 0 Å². The largest absolute Gasteiger partial charge is 0.340 e. The Kier molecular flexibility index (Phi) is 3.93. The molecule has 0 aromatic heterocycles. The summed E-state index contributed by atoms with van der Waals surface area (Å²) in [4.78, 5) is 34.6. The van der Waals surface area contributed by atoms with Gasteiger partial charge in [0, 0.05) is 12.0 Å². The van der Waals surface area contributed by atoms with Crippen LogP contribution in [0.3, 0.4) is 0 Å². The first-order chi connectivity index (χ1) is 9.51. The molecule has 3 amide bonds. The molecule has 0 bridgehead atoms. The topological polar surface area (TPSA) is 75.3 Å². The van der Waals surface area contributed by atoms with E-state index in [2.05, 4.69) is 17.2 Å². The van der Waals surface area contributed by atoms with Crippen molar-refractivity contribution in [2.45, 2.75) is 18.9 Å². The molecule has 5 nitrogen and oxygen atoms in total. The molecule has 0 radical (unpaired) electrons. The maximum atomic E-state index is 13.2. The number of piperidine rings is 1. The summed E-state index contributed by atoms with van der Waals surface area (Å²) in [5.74, 6) is -2.04. The van der Waals surface area contributed by atoms with Crippen LogP contribution in [0.25, 0.3) is 6.08 Å². The summed E-state index contributed by atoms with van der Waals surface area (Å²) in [6, 6.07) is 2.95. The average molecular weight is 276 g/mol. The normalized spacial score (nSPS) is 18.4. The fraction of sp³-hybridized carbons (Fsp3) is 0.214. The first-order valence-corrected chi connectivity index (χ1v) is 6.08. The van der Waals surface area contributed by atoms with Crippen LogP contribution in [0, 0.1) is 5.82 Å². The van der Waals surface area contributed by atoms with Crippen molar-refractivity contribution >= 4 is 23.8 Å². The molecular weight excluding hydrogens is 263 g/mol. The van der Waals surface area contributed by atoms with Gasteiger partial charge in [-0.15, -0.1) is 0 Å². The third-order valence-corrected chi connectivity index (χ3v) is 3.02. The molecule has 1 heterocycles. The smallest absolute Gasteiger partial charge is 0.252 e. The summed E-state index contributed by atoms with van der Waals surface area (Å²) in [6.07, 6.45) is 1.82. The molecule has 6 heteroatoms. The molecule has 104 valence electrons. The van der Waals surface area contributed by atoms with Gasteiger partial charge in [0.05, 0.1) is 0 Å². The number of amides is 3. The van der Waals surface area contributed by atoms with E-state index in [9.17, 15) is 18.8 Å². The van der Waals surface area contributed by atoms with E-state index in [4.69, 9.17) is 0 Å². The summed E-state index contributed by atoms with van der Waals surface area (Å²) in [5, 5.41) is 4.63. The predicted octanol–water partition coefficient (Wildman–Crippen LogP) is 1.00. The Labute approximate surface area is 114 Å². The van der Waals surface area contributed by atoms with Gasteiger partial charge in [0.2, 0.25) is 11.8 Å². The van der Waals surface area contributed by atoms with Crippen LogP contribution in [0.1, 0.15) is 28.8 Å². The van der Waals surface area contributed by atoms with Crippen molar-refractivity contribution in [1.82, 2.24) is 10.6 Å². The van der Waals surface area contributed by atoms with Crippen molar-refractivity contribution in [3.8, 4) is 0 Å². The molecule has 1 aromatic carbocycles. The van der Waals surface area contributed by atoms with Crippen molar-refractivity contribution < 1.29 is 18.8 Å². The highest BCUT2D eigenvalue weighted by molar-refractivity contribution is 6.04. The van der Waals surface area contributed by atoms with Crippen molar-refractivity contribution in [1.29, 1.82) is 0 Å². The molecule has 1 fully saturated rings. The first-order valence-electron chi connectivity index (χ1n) is 6.08. The predicted molar refractivity (Wildman–Crippen MR) is 70.1 cm³/mol. The first kappa shape index (κ1) is 13.9. The monoisotopic (exact) mass is 276 g/mol. The number of benzene rings is 1. The van der Waals surface area contributed by atoms with Gasteiger partial charge in [-0.2, -0.15) is 0 Å². The van der Waals surface area contributed by atoms with Crippen molar-refractivity contribution in [2.24, 2.45) is 0 Å². The van der Waals surface area contributed by atoms with Crippen LogP contribution in [0.15, 0.2) is 24.8 Å². The van der Waals surface area contributed by atoms with E-state index >= 15 is 0 Å². The zero-order valence-electron chi connectivity index (χ0n) is 10.6. The minimum Gasteiger partial charge on any atom is -0.340 e. The molecule has 1 saturated heterocycles. The van der Waals surface area contributed by atoms with Gasteiger partial charge in [-0.1, -0.05) is 18.7 Å². The summed E-state index contributed by atoms with van der Waals surface area (Å²) >= 11 is 0. The van der Waals surface area contributed by atoms with Crippen molar-refractivity contribution in [3.05, 3.63) is 41.7 Å². The van der Waals surface area contributed by atoms with E-state index in [0.29, 0.717) is 5.56 Å². The van der Waals surface area contributed by atoms with Gasteiger partial charge >= 0.3 is 0 Å². The van der Waals surface area contributed by atoms with Gasteiger partial charge < -0.3 is 5.32 Å². The molecule has 1 aromatic rings. The second-order valence-electron chi connectivity index (χ2n) is 4.41. The van der Waals surface area contributed by atoms with Crippen molar-refractivity contribution in [2.75, 3.05) is 0 Å². The molecule has 1 aliphatic rings. The third-order valence-electron chi connectivity index (χ3n) is 3.02. The van der Waals surface area contributed by atoms with Crippen LogP contribution < -0.4 is 10.6 Å². The molecular formula is C14H13FN2O3. The number of rotatable bonds is 3. The van der Waals surface area contributed by atoms with E-state index in [1.165, 1.54) is 18.2 Å². The highest BCUT2D eigenvalue weighted by Gasteiger charge is 2.28. The number of carbonyl (C=O) groups excluding carboxylic acids is 3. The maximum absolute atomic E-state index is 13.2. The molecule has 0 saturated carbocycles. The van der Waals surface area contributed by atoms with Gasteiger partial charge in [-0.05, 0) is 24.1 Å². The summed E-state index contributed by atoms with van der Waals surface area (Å²) in [7, 11) is 0. The quantitative estimate of drug-likeness (QED) is 0.809. The average Bonchev–Trinajstić information content (AvgIpc) is 2.41. The van der Waals surface area contributed by atoms with Gasteiger partial charge in [-0.3, -0.25) is 19.7 Å². The molecule has 0 spiro atoms. The summed E-state index contributed by atoms with van der Waals surface area (Å²) in [6.45, 7) is 3.55. The Bertz CT molecular complexity index is 598. The molecule has 2 rings (SSSR count). The van der Waals surface area contributed by atoms with Crippen LogP contribution in [0.4, 0.5) is 4.39 Å². The minimum absolute atomic E-state index is 0.102. The number of halogens is 1. The zero-order chi connectivity index (χ0) is 14.7. The van der Waals surface area contributed by atoms with E-state index in [1.807, 2.05) is 0 Å². The van der Waals surface area contributed by atoms with Crippen LogP contribution in [0.5, 0.6) is 0 Å². The lowest BCUT2D eigenvalue weighted by Gasteiger charge is -2.22. The van der Waals surface area contributed by atoms with E-state index in [1.54, 1.807) is 0 Å². The van der Waals surface area contributed by atoms with E-state index in [0.717, 1.165) is 6.07 Å². The van der Waals surface area contributed by atoms with Gasteiger partial charge in [-0.25, -0.2) is 4.39 Å². The van der Waals surface area contributed by atoms with Gasteiger partial charge in [0.25, 0.3) is 5.91 Å².